The molecule has 0 N–H and O–H groups in total. The average Bonchev–Trinajstić information content (AvgIpc) is 2.64. The maximum atomic E-state index is 13.3. The molecular formula is C21H19FO2. The molecule has 0 heterocycles. The Bertz CT molecular complexity index is 730. The molecule has 0 atom stereocenters. The Morgan fingerprint density at radius 1 is 0.583 bits per heavy atom. The van der Waals surface area contributed by atoms with Crippen molar-refractivity contribution in [3.05, 3.63) is 95.3 Å². The van der Waals surface area contributed by atoms with Crippen LogP contribution in [-0.4, -0.2) is 14.2 Å². The Labute approximate surface area is 141 Å². The van der Waals surface area contributed by atoms with Crippen molar-refractivity contribution >= 4 is 0 Å². The molecule has 0 aromatic heterocycles. The van der Waals surface area contributed by atoms with Crippen LogP contribution in [0.5, 0.6) is 11.5 Å². The van der Waals surface area contributed by atoms with Crippen LogP contribution in [0.1, 0.15) is 22.6 Å². The topological polar surface area (TPSA) is 18.5 Å². The molecule has 0 aliphatic heterocycles. The van der Waals surface area contributed by atoms with Crippen molar-refractivity contribution in [2.45, 2.75) is 5.92 Å². The minimum atomic E-state index is -0.234. The van der Waals surface area contributed by atoms with Crippen molar-refractivity contribution in [3.63, 3.8) is 0 Å². The van der Waals surface area contributed by atoms with Gasteiger partial charge in [-0.1, -0.05) is 36.4 Å². The van der Waals surface area contributed by atoms with Gasteiger partial charge in [-0.25, -0.2) is 4.39 Å². The summed E-state index contributed by atoms with van der Waals surface area (Å²) in [5, 5.41) is 0. The van der Waals surface area contributed by atoms with Crippen LogP contribution in [0.2, 0.25) is 0 Å². The maximum Gasteiger partial charge on any atom is 0.123 e. The molecule has 0 radical (unpaired) electrons. The van der Waals surface area contributed by atoms with Crippen LogP contribution in [0, 0.1) is 5.82 Å². The van der Waals surface area contributed by atoms with E-state index in [1.807, 2.05) is 60.7 Å². The van der Waals surface area contributed by atoms with E-state index in [1.54, 1.807) is 14.2 Å². The monoisotopic (exact) mass is 322 g/mol. The standard InChI is InChI=1S/C21H19FO2/c1-23-19-11-5-16(6-12-19)21(15-3-9-18(22)10-4-15)17-7-13-20(24-2)14-8-17/h3-14,21H,1-2H3. The summed E-state index contributed by atoms with van der Waals surface area (Å²) in [5.74, 6) is 1.40. The molecule has 3 aromatic carbocycles. The van der Waals surface area contributed by atoms with Crippen LogP contribution >= 0.6 is 0 Å². The molecule has 0 bridgehead atoms. The lowest BCUT2D eigenvalue weighted by Gasteiger charge is -2.19. The van der Waals surface area contributed by atoms with E-state index in [9.17, 15) is 4.39 Å². The molecule has 3 rings (SSSR count). The summed E-state index contributed by atoms with van der Waals surface area (Å²) < 4.78 is 23.8. The summed E-state index contributed by atoms with van der Waals surface area (Å²) in [6.45, 7) is 0. The van der Waals surface area contributed by atoms with Gasteiger partial charge in [-0.3, -0.25) is 0 Å². The largest absolute Gasteiger partial charge is 0.497 e. The van der Waals surface area contributed by atoms with Crippen LogP contribution in [0.4, 0.5) is 4.39 Å². The van der Waals surface area contributed by atoms with E-state index >= 15 is 0 Å². The van der Waals surface area contributed by atoms with Crippen molar-refractivity contribution in [1.29, 1.82) is 0 Å². The molecular weight excluding hydrogens is 303 g/mol. The first-order valence-electron chi connectivity index (χ1n) is 7.74. The van der Waals surface area contributed by atoms with Gasteiger partial charge in [0.2, 0.25) is 0 Å². The van der Waals surface area contributed by atoms with Gasteiger partial charge in [0.25, 0.3) is 0 Å². The third-order valence-corrected chi connectivity index (χ3v) is 4.10. The SMILES string of the molecule is COc1ccc(C(c2ccc(F)cc2)c2ccc(OC)cc2)cc1. The fourth-order valence-corrected chi connectivity index (χ4v) is 2.83. The molecule has 0 fully saturated rings. The Hall–Kier alpha value is -2.81. The van der Waals surface area contributed by atoms with Gasteiger partial charge in [-0.2, -0.15) is 0 Å². The zero-order valence-electron chi connectivity index (χ0n) is 13.7. The van der Waals surface area contributed by atoms with Crippen LogP contribution in [0.15, 0.2) is 72.8 Å². The van der Waals surface area contributed by atoms with Gasteiger partial charge in [0, 0.05) is 5.92 Å². The molecule has 3 heteroatoms. The lowest BCUT2D eigenvalue weighted by Crippen LogP contribution is -2.03. The van der Waals surface area contributed by atoms with Crippen molar-refractivity contribution in [2.24, 2.45) is 0 Å². The quantitative estimate of drug-likeness (QED) is 0.614. The van der Waals surface area contributed by atoms with E-state index in [0.717, 1.165) is 28.2 Å². The normalized spacial score (nSPS) is 10.7. The van der Waals surface area contributed by atoms with Crippen LogP contribution in [0.3, 0.4) is 0 Å². The molecule has 0 unspecified atom stereocenters. The molecule has 0 aliphatic carbocycles. The van der Waals surface area contributed by atoms with Crippen LogP contribution < -0.4 is 9.47 Å². The van der Waals surface area contributed by atoms with Crippen LogP contribution in [-0.2, 0) is 0 Å². The molecule has 24 heavy (non-hydrogen) atoms. The number of ether oxygens (including phenoxy) is 2. The number of hydrogen-bond acceptors (Lipinski definition) is 2. The van der Waals surface area contributed by atoms with Gasteiger partial charge in [0.05, 0.1) is 14.2 Å². The predicted molar refractivity (Wildman–Crippen MR) is 93.3 cm³/mol. The highest BCUT2D eigenvalue weighted by Crippen LogP contribution is 2.33. The lowest BCUT2D eigenvalue weighted by atomic mass is 9.85. The van der Waals surface area contributed by atoms with Gasteiger partial charge in [0.1, 0.15) is 17.3 Å². The molecule has 0 spiro atoms. The molecule has 0 amide bonds. The fourth-order valence-electron chi connectivity index (χ4n) is 2.83. The number of halogens is 1. The third kappa shape index (κ3) is 3.40. The van der Waals surface area contributed by atoms with Gasteiger partial charge >= 0.3 is 0 Å². The summed E-state index contributed by atoms with van der Waals surface area (Å²) in [6, 6.07) is 22.6. The maximum absolute atomic E-state index is 13.3. The second-order valence-electron chi connectivity index (χ2n) is 5.53. The van der Waals surface area contributed by atoms with Crippen LogP contribution in [0.25, 0.3) is 0 Å². The zero-order valence-corrected chi connectivity index (χ0v) is 13.7. The number of benzene rings is 3. The van der Waals surface area contributed by atoms with E-state index in [-0.39, 0.29) is 11.7 Å². The highest BCUT2D eigenvalue weighted by molar-refractivity contribution is 5.45. The Balaban J connectivity index is 2.06. The molecule has 2 nitrogen and oxygen atoms in total. The second kappa shape index (κ2) is 7.18. The minimum Gasteiger partial charge on any atom is -0.497 e. The summed E-state index contributed by atoms with van der Waals surface area (Å²) in [7, 11) is 3.30. The smallest absolute Gasteiger partial charge is 0.123 e. The minimum absolute atomic E-state index is 0.0161. The summed E-state index contributed by atoms with van der Waals surface area (Å²) >= 11 is 0. The molecule has 0 saturated heterocycles. The zero-order chi connectivity index (χ0) is 16.9. The van der Waals surface area contributed by atoms with E-state index in [0.29, 0.717) is 0 Å². The van der Waals surface area contributed by atoms with Crippen molar-refractivity contribution in [2.75, 3.05) is 14.2 Å². The van der Waals surface area contributed by atoms with Gasteiger partial charge in [0.15, 0.2) is 0 Å². The summed E-state index contributed by atoms with van der Waals surface area (Å²) in [5.41, 5.74) is 3.27. The Morgan fingerprint density at radius 3 is 1.25 bits per heavy atom. The van der Waals surface area contributed by atoms with Gasteiger partial charge in [-0.05, 0) is 53.1 Å². The summed E-state index contributed by atoms with van der Waals surface area (Å²) in [4.78, 5) is 0. The van der Waals surface area contributed by atoms with Crippen molar-refractivity contribution < 1.29 is 13.9 Å². The van der Waals surface area contributed by atoms with Crippen molar-refractivity contribution in [1.82, 2.24) is 0 Å². The van der Waals surface area contributed by atoms with E-state index < -0.39 is 0 Å². The van der Waals surface area contributed by atoms with E-state index in [2.05, 4.69) is 0 Å². The fraction of sp³-hybridized carbons (Fsp3) is 0.143. The van der Waals surface area contributed by atoms with Gasteiger partial charge in [-0.15, -0.1) is 0 Å². The third-order valence-electron chi connectivity index (χ3n) is 4.10. The molecule has 0 aliphatic rings. The van der Waals surface area contributed by atoms with E-state index in [4.69, 9.17) is 9.47 Å². The predicted octanol–water partition coefficient (Wildman–Crippen LogP) is 5.02. The molecule has 3 aromatic rings. The second-order valence-corrected chi connectivity index (χ2v) is 5.53. The average molecular weight is 322 g/mol. The lowest BCUT2D eigenvalue weighted by molar-refractivity contribution is 0.414. The molecule has 0 saturated carbocycles. The first kappa shape index (κ1) is 16.1. The van der Waals surface area contributed by atoms with E-state index in [1.165, 1.54) is 12.1 Å². The van der Waals surface area contributed by atoms with Gasteiger partial charge < -0.3 is 9.47 Å². The highest BCUT2D eigenvalue weighted by atomic mass is 19.1. The number of hydrogen-bond donors (Lipinski definition) is 0. The number of methoxy groups -OCH3 is 2. The number of rotatable bonds is 5. The first-order chi connectivity index (χ1) is 11.7. The molecule has 122 valence electrons. The first-order valence-corrected chi connectivity index (χ1v) is 7.74. The Morgan fingerprint density at radius 2 is 0.917 bits per heavy atom. The highest BCUT2D eigenvalue weighted by Gasteiger charge is 2.17. The summed E-state index contributed by atoms with van der Waals surface area (Å²) in [6.07, 6.45) is 0. The Kier molecular flexibility index (Phi) is 4.80. The van der Waals surface area contributed by atoms with Crippen molar-refractivity contribution in [3.8, 4) is 11.5 Å².